The maximum absolute atomic E-state index is 9.81. The Morgan fingerprint density at radius 2 is 1.77 bits per heavy atom. The molecule has 2 N–H and O–H groups in total. The minimum absolute atomic E-state index is 0.263. The molecule has 0 heterocycles. The molecule has 0 amide bonds. The van der Waals surface area contributed by atoms with Gasteiger partial charge in [-0.15, -0.1) is 0 Å². The van der Waals surface area contributed by atoms with Gasteiger partial charge in [0, 0.05) is 19.3 Å². The molecule has 13 heavy (non-hydrogen) atoms. The van der Waals surface area contributed by atoms with Crippen molar-refractivity contribution >= 4 is 0 Å². The van der Waals surface area contributed by atoms with Gasteiger partial charge in [0.05, 0.1) is 5.60 Å². The van der Waals surface area contributed by atoms with E-state index in [2.05, 4.69) is 5.32 Å². The molecule has 0 aromatic carbocycles. The lowest BCUT2D eigenvalue weighted by molar-refractivity contribution is -0.00504. The van der Waals surface area contributed by atoms with Gasteiger partial charge in [-0.1, -0.05) is 0 Å². The maximum atomic E-state index is 9.81. The standard InChI is InChI=1S/C10H23NO2/c1-9(2,10(3,4)12)11-7-6-8-13-5/h11-12H,6-8H2,1-5H3. The summed E-state index contributed by atoms with van der Waals surface area (Å²) in [6, 6.07) is 0. The molecule has 0 saturated carbocycles. The zero-order valence-corrected chi connectivity index (χ0v) is 9.48. The summed E-state index contributed by atoms with van der Waals surface area (Å²) in [5, 5.41) is 13.1. The van der Waals surface area contributed by atoms with Gasteiger partial charge in [-0.3, -0.25) is 0 Å². The molecule has 0 bridgehead atoms. The van der Waals surface area contributed by atoms with Gasteiger partial charge < -0.3 is 15.2 Å². The average Bonchev–Trinajstić information content (AvgIpc) is 1.96. The van der Waals surface area contributed by atoms with Crippen molar-refractivity contribution in [2.24, 2.45) is 0 Å². The molecule has 0 unspecified atom stereocenters. The molecule has 0 spiro atoms. The van der Waals surface area contributed by atoms with E-state index in [1.165, 1.54) is 0 Å². The van der Waals surface area contributed by atoms with Gasteiger partial charge in [-0.25, -0.2) is 0 Å². The quantitative estimate of drug-likeness (QED) is 0.616. The van der Waals surface area contributed by atoms with E-state index in [1.54, 1.807) is 7.11 Å². The van der Waals surface area contributed by atoms with Crippen LogP contribution in [0, 0.1) is 0 Å². The fraction of sp³-hybridized carbons (Fsp3) is 1.00. The van der Waals surface area contributed by atoms with Crippen LogP contribution in [0.2, 0.25) is 0 Å². The van der Waals surface area contributed by atoms with Crippen molar-refractivity contribution in [3.63, 3.8) is 0 Å². The third-order valence-electron chi connectivity index (χ3n) is 2.62. The first-order valence-corrected chi connectivity index (χ1v) is 4.77. The van der Waals surface area contributed by atoms with E-state index >= 15 is 0 Å². The van der Waals surface area contributed by atoms with Gasteiger partial charge in [-0.05, 0) is 40.7 Å². The van der Waals surface area contributed by atoms with E-state index in [-0.39, 0.29) is 5.54 Å². The Balaban J connectivity index is 3.77. The van der Waals surface area contributed by atoms with Crippen molar-refractivity contribution in [2.75, 3.05) is 20.3 Å². The Hall–Kier alpha value is -0.120. The lowest BCUT2D eigenvalue weighted by Gasteiger charge is -2.38. The Bertz CT molecular complexity index is 138. The molecule has 0 aliphatic carbocycles. The Kier molecular flexibility index (Phi) is 4.89. The highest BCUT2D eigenvalue weighted by Crippen LogP contribution is 2.19. The van der Waals surface area contributed by atoms with Crippen LogP contribution in [0.25, 0.3) is 0 Å². The predicted octanol–water partition coefficient (Wildman–Crippen LogP) is 1.16. The van der Waals surface area contributed by atoms with Crippen LogP contribution >= 0.6 is 0 Å². The van der Waals surface area contributed by atoms with Crippen LogP contribution in [-0.4, -0.2) is 36.5 Å². The van der Waals surface area contributed by atoms with E-state index in [0.717, 1.165) is 19.6 Å². The number of nitrogens with one attached hydrogen (secondary N) is 1. The Labute approximate surface area is 81.5 Å². The summed E-state index contributed by atoms with van der Waals surface area (Å²) in [5.74, 6) is 0. The second-order valence-electron chi connectivity index (χ2n) is 4.46. The molecular weight excluding hydrogens is 166 g/mol. The van der Waals surface area contributed by atoms with Crippen molar-refractivity contribution in [2.45, 2.75) is 45.3 Å². The summed E-state index contributed by atoms with van der Waals surface area (Å²) in [4.78, 5) is 0. The summed E-state index contributed by atoms with van der Waals surface area (Å²) in [6.45, 7) is 9.26. The largest absolute Gasteiger partial charge is 0.389 e. The molecule has 0 saturated heterocycles. The topological polar surface area (TPSA) is 41.5 Å². The van der Waals surface area contributed by atoms with Crippen LogP contribution in [0.15, 0.2) is 0 Å². The van der Waals surface area contributed by atoms with E-state index in [1.807, 2.05) is 27.7 Å². The molecule has 0 radical (unpaired) electrons. The van der Waals surface area contributed by atoms with Crippen molar-refractivity contribution in [3.05, 3.63) is 0 Å². The van der Waals surface area contributed by atoms with Gasteiger partial charge in [0.2, 0.25) is 0 Å². The van der Waals surface area contributed by atoms with E-state index in [9.17, 15) is 5.11 Å². The fourth-order valence-corrected chi connectivity index (χ4v) is 0.834. The van der Waals surface area contributed by atoms with Gasteiger partial charge in [0.1, 0.15) is 0 Å². The lowest BCUT2D eigenvalue weighted by Crippen LogP contribution is -2.56. The molecule has 0 atom stereocenters. The molecule has 0 aliphatic rings. The van der Waals surface area contributed by atoms with Crippen molar-refractivity contribution in [3.8, 4) is 0 Å². The van der Waals surface area contributed by atoms with Crippen LogP contribution < -0.4 is 5.32 Å². The third-order valence-corrected chi connectivity index (χ3v) is 2.62. The van der Waals surface area contributed by atoms with Crippen LogP contribution in [0.5, 0.6) is 0 Å². The summed E-state index contributed by atoms with van der Waals surface area (Å²) < 4.78 is 4.94. The summed E-state index contributed by atoms with van der Waals surface area (Å²) in [6.07, 6.45) is 0.968. The number of ether oxygens (including phenoxy) is 1. The van der Waals surface area contributed by atoms with Gasteiger partial charge in [-0.2, -0.15) is 0 Å². The first kappa shape index (κ1) is 12.9. The SMILES string of the molecule is COCCCNC(C)(C)C(C)(C)O. The van der Waals surface area contributed by atoms with Crippen LogP contribution in [0.1, 0.15) is 34.1 Å². The third kappa shape index (κ3) is 4.60. The molecule has 0 aromatic heterocycles. The van der Waals surface area contributed by atoms with Crippen molar-refractivity contribution in [1.82, 2.24) is 5.32 Å². The molecule has 0 rings (SSSR count). The second kappa shape index (κ2) is 4.94. The molecular formula is C10H23NO2. The van der Waals surface area contributed by atoms with Gasteiger partial charge >= 0.3 is 0 Å². The number of aliphatic hydroxyl groups is 1. The molecule has 80 valence electrons. The van der Waals surface area contributed by atoms with E-state index < -0.39 is 5.60 Å². The van der Waals surface area contributed by atoms with Crippen molar-refractivity contribution in [1.29, 1.82) is 0 Å². The first-order valence-electron chi connectivity index (χ1n) is 4.77. The highest BCUT2D eigenvalue weighted by atomic mass is 16.5. The highest BCUT2D eigenvalue weighted by molar-refractivity contribution is 4.93. The Morgan fingerprint density at radius 1 is 1.23 bits per heavy atom. The minimum Gasteiger partial charge on any atom is -0.389 e. The van der Waals surface area contributed by atoms with Crippen molar-refractivity contribution < 1.29 is 9.84 Å². The number of hydrogen-bond acceptors (Lipinski definition) is 3. The van der Waals surface area contributed by atoms with Gasteiger partial charge in [0.25, 0.3) is 0 Å². The first-order chi connectivity index (χ1) is 5.81. The average molecular weight is 189 g/mol. The van der Waals surface area contributed by atoms with Crippen LogP contribution in [-0.2, 0) is 4.74 Å². The summed E-state index contributed by atoms with van der Waals surface area (Å²) >= 11 is 0. The summed E-state index contributed by atoms with van der Waals surface area (Å²) in [7, 11) is 1.70. The van der Waals surface area contributed by atoms with Crippen LogP contribution in [0.4, 0.5) is 0 Å². The lowest BCUT2D eigenvalue weighted by atomic mass is 9.86. The van der Waals surface area contributed by atoms with E-state index in [4.69, 9.17) is 4.74 Å². The monoisotopic (exact) mass is 189 g/mol. The number of methoxy groups -OCH3 is 1. The minimum atomic E-state index is -0.708. The summed E-state index contributed by atoms with van der Waals surface area (Å²) in [5.41, 5.74) is -0.971. The van der Waals surface area contributed by atoms with Crippen LogP contribution in [0.3, 0.4) is 0 Å². The normalized spacial score (nSPS) is 13.4. The highest BCUT2D eigenvalue weighted by Gasteiger charge is 2.33. The molecule has 0 aromatic rings. The zero-order valence-electron chi connectivity index (χ0n) is 9.48. The molecule has 0 fully saturated rings. The Morgan fingerprint density at radius 3 is 2.15 bits per heavy atom. The fourth-order valence-electron chi connectivity index (χ4n) is 0.834. The van der Waals surface area contributed by atoms with E-state index in [0.29, 0.717) is 0 Å². The molecule has 0 aliphatic heterocycles. The maximum Gasteiger partial charge on any atom is 0.0767 e. The second-order valence-corrected chi connectivity index (χ2v) is 4.46. The number of hydrogen-bond donors (Lipinski definition) is 2. The van der Waals surface area contributed by atoms with Gasteiger partial charge in [0.15, 0.2) is 0 Å². The molecule has 3 nitrogen and oxygen atoms in total. The molecule has 3 heteroatoms. The zero-order chi connectivity index (χ0) is 10.5. The smallest absolute Gasteiger partial charge is 0.0767 e. The number of rotatable bonds is 6. The predicted molar refractivity (Wildman–Crippen MR) is 54.9 cm³/mol.